The van der Waals surface area contributed by atoms with Crippen molar-refractivity contribution in [1.82, 2.24) is 0 Å². The monoisotopic (exact) mass is 272 g/mol. The summed E-state index contributed by atoms with van der Waals surface area (Å²) in [4.78, 5) is 12.1. The highest BCUT2D eigenvalue weighted by atomic mass is 32.2. The van der Waals surface area contributed by atoms with E-state index in [9.17, 15) is 9.90 Å². The topological polar surface area (TPSA) is 65.0 Å². The molecule has 5 nitrogen and oxygen atoms in total. The van der Waals surface area contributed by atoms with E-state index in [0.29, 0.717) is 17.1 Å². The fourth-order valence-electron chi connectivity index (χ4n) is 1.58. The van der Waals surface area contributed by atoms with E-state index >= 15 is 0 Å². The highest BCUT2D eigenvalue weighted by Crippen LogP contribution is 2.41. The molecule has 1 aromatic carbocycles. The van der Waals surface area contributed by atoms with E-state index in [1.54, 1.807) is 19.2 Å². The summed E-state index contributed by atoms with van der Waals surface area (Å²) in [5.74, 6) is 0.311. The molecular weight excluding hydrogens is 256 g/mol. The lowest BCUT2D eigenvalue weighted by Gasteiger charge is -2.17. The maximum atomic E-state index is 11.4. The zero-order chi connectivity index (χ0) is 13.7. The molecule has 1 N–H and O–H groups in total. The first kappa shape index (κ1) is 14.7. The average Bonchev–Trinajstić information content (AvgIpc) is 2.43. The third-order valence-corrected chi connectivity index (χ3v) is 3.25. The van der Waals surface area contributed by atoms with Gasteiger partial charge in [-0.3, -0.25) is 0 Å². The van der Waals surface area contributed by atoms with Crippen LogP contribution in [-0.4, -0.2) is 38.7 Å². The first-order valence-corrected chi connectivity index (χ1v) is 6.37. The van der Waals surface area contributed by atoms with Crippen molar-refractivity contribution in [3.63, 3.8) is 0 Å². The molecule has 0 heterocycles. The van der Waals surface area contributed by atoms with Crippen LogP contribution in [0.3, 0.4) is 0 Å². The van der Waals surface area contributed by atoms with Gasteiger partial charge in [0.05, 0.1) is 26.2 Å². The second kappa shape index (κ2) is 6.51. The van der Waals surface area contributed by atoms with Crippen LogP contribution in [0.25, 0.3) is 0 Å². The van der Waals surface area contributed by atoms with Crippen molar-refractivity contribution in [1.29, 1.82) is 0 Å². The molecule has 0 bridgehead atoms. The molecule has 6 heteroatoms. The van der Waals surface area contributed by atoms with Crippen LogP contribution in [0.5, 0.6) is 11.5 Å². The smallest absolute Gasteiger partial charge is 0.339 e. The highest BCUT2D eigenvalue weighted by Gasteiger charge is 2.25. The van der Waals surface area contributed by atoms with E-state index in [1.165, 1.54) is 26.0 Å². The van der Waals surface area contributed by atoms with Crippen molar-refractivity contribution in [3.8, 4) is 11.5 Å². The van der Waals surface area contributed by atoms with E-state index < -0.39 is 12.1 Å². The van der Waals surface area contributed by atoms with E-state index in [1.807, 2.05) is 6.26 Å². The van der Waals surface area contributed by atoms with Crippen molar-refractivity contribution in [2.45, 2.75) is 11.0 Å². The van der Waals surface area contributed by atoms with Gasteiger partial charge < -0.3 is 19.3 Å². The molecule has 1 atom stereocenters. The largest absolute Gasteiger partial charge is 0.495 e. The number of rotatable bonds is 5. The van der Waals surface area contributed by atoms with Gasteiger partial charge in [0.1, 0.15) is 11.5 Å². The van der Waals surface area contributed by atoms with E-state index in [4.69, 9.17) is 9.47 Å². The molecule has 1 aromatic rings. The summed E-state index contributed by atoms with van der Waals surface area (Å²) in [7, 11) is 4.24. The zero-order valence-corrected chi connectivity index (χ0v) is 11.5. The summed E-state index contributed by atoms with van der Waals surface area (Å²) < 4.78 is 15.0. The second-order valence-electron chi connectivity index (χ2n) is 3.35. The molecule has 0 saturated heterocycles. The Labute approximate surface area is 110 Å². The van der Waals surface area contributed by atoms with Crippen LogP contribution in [0, 0.1) is 0 Å². The minimum absolute atomic E-state index is 0.356. The molecule has 0 saturated carbocycles. The Balaban J connectivity index is 3.33. The van der Waals surface area contributed by atoms with Gasteiger partial charge in [-0.05, 0) is 18.4 Å². The lowest BCUT2D eigenvalue weighted by molar-refractivity contribution is -0.150. The Kier molecular flexibility index (Phi) is 5.30. The summed E-state index contributed by atoms with van der Waals surface area (Å²) in [5.41, 5.74) is 0.356. The number of carbonyl (C=O) groups is 1. The van der Waals surface area contributed by atoms with Crippen LogP contribution in [0.4, 0.5) is 0 Å². The molecule has 0 amide bonds. The summed E-state index contributed by atoms with van der Waals surface area (Å²) in [6.07, 6.45) is 0.482. The second-order valence-corrected chi connectivity index (χ2v) is 4.17. The Morgan fingerprint density at radius 2 is 1.94 bits per heavy atom. The summed E-state index contributed by atoms with van der Waals surface area (Å²) in [6, 6.07) is 3.26. The van der Waals surface area contributed by atoms with Crippen molar-refractivity contribution < 1.29 is 24.1 Å². The summed E-state index contributed by atoms with van der Waals surface area (Å²) in [5, 5.41) is 9.88. The lowest BCUT2D eigenvalue weighted by atomic mass is 10.1. The van der Waals surface area contributed by atoms with Gasteiger partial charge in [-0.2, -0.15) is 0 Å². The predicted molar refractivity (Wildman–Crippen MR) is 68.3 cm³/mol. The molecule has 0 spiro atoms. The van der Waals surface area contributed by atoms with Gasteiger partial charge in [0.25, 0.3) is 0 Å². The third-order valence-electron chi connectivity index (χ3n) is 2.45. The van der Waals surface area contributed by atoms with Crippen molar-refractivity contribution >= 4 is 17.7 Å². The van der Waals surface area contributed by atoms with Crippen molar-refractivity contribution in [3.05, 3.63) is 17.7 Å². The molecule has 0 aromatic heterocycles. The van der Waals surface area contributed by atoms with Crippen LogP contribution in [0.1, 0.15) is 11.7 Å². The van der Waals surface area contributed by atoms with Crippen molar-refractivity contribution in [2.75, 3.05) is 27.6 Å². The fraction of sp³-hybridized carbons (Fsp3) is 0.417. The van der Waals surface area contributed by atoms with E-state index in [-0.39, 0.29) is 0 Å². The van der Waals surface area contributed by atoms with Gasteiger partial charge in [0, 0.05) is 5.56 Å². The van der Waals surface area contributed by atoms with Crippen LogP contribution in [-0.2, 0) is 9.53 Å². The number of thioether (sulfide) groups is 1. The summed E-state index contributed by atoms with van der Waals surface area (Å²) >= 11 is 1.41. The maximum Gasteiger partial charge on any atom is 0.339 e. The molecule has 0 fully saturated rings. The number of methoxy groups -OCH3 is 3. The lowest BCUT2D eigenvalue weighted by Crippen LogP contribution is -2.14. The molecule has 1 unspecified atom stereocenters. The fourth-order valence-corrected chi connectivity index (χ4v) is 2.32. The molecular formula is C12H16O5S. The Morgan fingerprint density at radius 1 is 1.28 bits per heavy atom. The quantitative estimate of drug-likeness (QED) is 0.649. The maximum absolute atomic E-state index is 11.4. The minimum atomic E-state index is -1.37. The normalized spacial score (nSPS) is 11.8. The van der Waals surface area contributed by atoms with Crippen molar-refractivity contribution in [2.24, 2.45) is 0 Å². The average molecular weight is 272 g/mol. The number of hydrogen-bond donors (Lipinski definition) is 1. The number of aliphatic hydroxyl groups is 1. The third kappa shape index (κ3) is 2.70. The number of esters is 1. The van der Waals surface area contributed by atoms with E-state index in [2.05, 4.69) is 4.74 Å². The number of ether oxygens (including phenoxy) is 3. The van der Waals surface area contributed by atoms with Gasteiger partial charge in [-0.25, -0.2) is 4.79 Å². The van der Waals surface area contributed by atoms with E-state index in [0.717, 1.165) is 4.90 Å². The first-order chi connectivity index (χ1) is 8.60. The van der Waals surface area contributed by atoms with Crippen LogP contribution in [0.2, 0.25) is 0 Å². The molecule has 0 aliphatic rings. The standard InChI is InChI=1S/C12H16O5S/c1-15-8-6-5-7(9(13)12(14)17-3)10(16-2)11(8)18-4/h5-6,9,13H,1-4H3. The van der Waals surface area contributed by atoms with Gasteiger partial charge in [0.15, 0.2) is 6.10 Å². The number of aliphatic hydroxyl groups excluding tert-OH is 1. The Morgan fingerprint density at radius 3 is 2.39 bits per heavy atom. The molecule has 18 heavy (non-hydrogen) atoms. The number of benzene rings is 1. The molecule has 1 rings (SSSR count). The SMILES string of the molecule is COC(=O)C(O)c1ccc(OC)c(SC)c1OC. The minimum Gasteiger partial charge on any atom is -0.495 e. The number of hydrogen-bond acceptors (Lipinski definition) is 6. The highest BCUT2D eigenvalue weighted by molar-refractivity contribution is 7.98. The van der Waals surface area contributed by atoms with Gasteiger partial charge in [-0.1, -0.05) is 0 Å². The van der Waals surface area contributed by atoms with Crippen LogP contribution < -0.4 is 9.47 Å². The van der Waals surface area contributed by atoms with Crippen LogP contribution in [0.15, 0.2) is 17.0 Å². The van der Waals surface area contributed by atoms with Gasteiger partial charge >= 0.3 is 5.97 Å². The summed E-state index contributed by atoms with van der Waals surface area (Å²) in [6.45, 7) is 0. The zero-order valence-electron chi connectivity index (χ0n) is 10.7. The predicted octanol–water partition coefficient (Wildman–Crippen LogP) is 1.63. The first-order valence-electron chi connectivity index (χ1n) is 5.15. The van der Waals surface area contributed by atoms with Gasteiger partial charge in [-0.15, -0.1) is 11.8 Å². The Bertz CT molecular complexity index is 433. The Hall–Kier alpha value is -1.40. The van der Waals surface area contributed by atoms with Crippen LogP contribution >= 0.6 is 11.8 Å². The van der Waals surface area contributed by atoms with Gasteiger partial charge in [0.2, 0.25) is 0 Å². The molecule has 100 valence electrons. The molecule has 0 aliphatic heterocycles. The molecule has 0 radical (unpaired) electrons. The molecule has 0 aliphatic carbocycles. The number of carbonyl (C=O) groups excluding carboxylic acids is 1.